The van der Waals surface area contributed by atoms with Crippen molar-refractivity contribution in [1.29, 1.82) is 0 Å². The van der Waals surface area contributed by atoms with Crippen LogP contribution in [0.1, 0.15) is 17.3 Å². The summed E-state index contributed by atoms with van der Waals surface area (Å²) in [4.78, 5) is 25.9. The van der Waals surface area contributed by atoms with E-state index in [1.165, 1.54) is 36.0 Å². The molecule has 158 valence electrons. The molecule has 0 spiro atoms. The van der Waals surface area contributed by atoms with Crippen molar-refractivity contribution >= 4 is 51.6 Å². The van der Waals surface area contributed by atoms with E-state index < -0.39 is 11.0 Å². The molecule has 1 aliphatic heterocycles. The van der Waals surface area contributed by atoms with Gasteiger partial charge in [-0.2, -0.15) is 0 Å². The number of halogens is 1. The molecule has 0 fully saturated rings. The van der Waals surface area contributed by atoms with Crippen molar-refractivity contribution in [3.63, 3.8) is 0 Å². The van der Waals surface area contributed by atoms with Gasteiger partial charge in [-0.15, -0.1) is 11.8 Å². The van der Waals surface area contributed by atoms with Gasteiger partial charge in [0, 0.05) is 21.8 Å². The molecular weight excluding hydrogens is 437 g/mol. The molecule has 4 rings (SSSR count). The minimum absolute atomic E-state index is 0.0899. The highest BCUT2D eigenvalue weighted by atomic mass is 32.2. The van der Waals surface area contributed by atoms with Gasteiger partial charge < -0.3 is 15.4 Å². The molecule has 0 saturated carbocycles. The van der Waals surface area contributed by atoms with E-state index in [0.29, 0.717) is 27.5 Å². The molecule has 2 atom stereocenters. The molecule has 1 unspecified atom stereocenters. The van der Waals surface area contributed by atoms with E-state index in [-0.39, 0.29) is 22.9 Å². The number of anilines is 3. The van der Waals surface area contributed by atoms with Crippen molar-refractivity contribution in [2.45, 2.75) is 22.0 Å². The summed E-state index contributed by atoms with van der Waals surface area (Å²) in [7, 11) is -1.53. The van der Waals surface area contributed by atoms with Crippen LogP contribution in [-0.2, 0) is 15.8 Å². The Labute approximate surface area is 185 Å². The smallest absolute Gasteiger partial charge is 0.255 e. The number of fused-ring (bicyclic) bond motifs is 1. The highest BCUT2D eigenvalue weighted by Crippen LogP contribution is 2.36. The first-order chi connectivity index (χ1) is 14.9. The zero-order valence-electron chi connectivity index (χ0n) is 16.3. The Kier molecular flexibility index (Phi) is 6.06. The third kappa shape index (κ3) is 4.95. The summed E-state index contributed by atoms with van der Waals surface area (Å²) in [5.74, 6) is -0.780. The summed E-state index contributed by atoms with van der Waals surface area (Å²) < 4.78 is 28.2. The lowest BCUT2D eigenvalue weighted by atomic mass is 10.1. The molecule has 0 radical (unpaired) electrons. The summed E-state index contributed by atoms with van der Waals surface area (Å²) in [6.07, 6.45) is 0. The number of carbonyl (C=O) groups is 2. The highest BCUT2D eigenvalue weighted by molar-refractivity contribution is 8.01. The lowest BCUT2D eigenvalue weighted by Crippen LogP contribution is -2.26. The van der Waals surface area contributed by atoms with Crippen molar-refractivity contribution in [2.75, 3.05) is 15.4 Å². The van der Waals surface area contributed by atoms with E-state index in [2.05, 4.69) is 15.4 Å². The Bertz CT molecular complexity index is 1170. The summed E-state index contributed by atoms with van der Waals surface area (Å²) >= 11 is 1.45. The second kappa shape index (κ2) is 8.91. The van der Waals surface area contributed by atoms with E-state index in [9.17, 15) is 18.2 Å². The van der Waals surface area contributed by atoms with Gasteiger partial charge in [0.25, 0.3) is 5.91 Å². The second-order valence-electron chi connectivity index (χ2n) is 6.82. The molecule has 0 bridgehead atoms. The van der Waals surface area contributed by atoms with E-state index in [1.54, 1.807) is 36.4 Å². The van der Waals surface area contributed by atoms with Crippen LogP contribution in [0.2, 0.25) is 0 Å². The van der Waals surface area contributed by atoms with E-state index in [4.69, 9.17) is 0 Å². The molecule has 1 aliphatic rings. The van der Waals surface area contributed by atoms with Crippen LogP contribution < -0.4 is 15.4 Å². The van der Waals surface area contributed by atoms with Crippen LogP contribution in [0.25, 0.3) is 0 Å². The molecule has 3 aromatic rings. The van der Waals surface area contributed by atoms with Gasteiger partial charge in [-0.1, -0.05) is 0 Å². The van der Waals surface area contributed by atoms with Crippen LogP contribution in [0.4, 0.5) is 21.5 Å². The van der Waals surface area contributed by atoms with Crippen LogP contribution in [0.3, 0.4) is 0 Å². The van der Waals surface area contributed by atoms with Gasteiger partial charge >= 0.3 is 0 Å². The number of benzene rings is 3. The molecule has 9 heteroatoms. The molecule has 3 aromatic carbocycles. The molecule has 31 heavy (non-hydrogen) atoms. The summed E-state index contributed by atoms with van der Waals surface area (Å²) in [5.41, 5.74) is 2.11. The van der Waals surface area contributed by atoms with Crippen LogP contribution in [-0.4, -0.2) is 21.3 Å². The lowest BCUT2D eigenvalue weighted by molar-refractivity contribution is -0.115. The second-order valence-corrected chi connectivity index (χ2v) is 9.41. The number of carbonyl (C=O) groups excluding carboxylic acids is 2. The molecule has 1 heterocycles. The third-order valence-corrected chi connectivity index (χ3v) is 6.85. The quantitative estimate of drug-likeness (QED) is 0.523. The fraction of sp³-hybridized carbons (Fsp3) is 0.0909. The summed E-state index contributed by atoms with van der Waals surface area (Å²) in [5, 5.41) is 5.43. The molecule has 0 saturated heterocycles. The van der Waals surface area contributed by atoms with Crippen molar-refractivity contribution in [3.05, 3.63) is 78.1 Å². The van der Waals surface area contributed by atoms with Gasteiger partial charge in [-0.25, -0.2) is 8.60 Å². The average Bonchev–Trinajstić information content (AvgIpc) is 2.76. The molecule has 3 N–H and O–H groups in total. The predicted molar refractivity (Wildman–Crippen MR) is 121 cm³/mol. The van der Waals surface area contributed by atoms with Gasteiger partial charge in [0.2, 0.25) is 5.91 Å². The molecule has 2 amide bonds. The van der Waals surface area contributed by atoms with Gasteiger partial charge in [-0.05, 0) is 73.7 Å². The fourth-order valence-electron chi connectivity index (χ4n) is 2.90. The van der Waals surface area contributed by atoms with Gasteiger partial charge in [0.05, 0.1) is 15.8 Å². The lowest BCUT2D eigenvalue weighted by Gasteiger charge is -2.21. The number of thioether (sulfide) groups is 1. The fourth-order valence-corrected chi connectivity index (χ4v) is 4.68. The largest absolute Gasteiger partial charge is 0.324 e. The number of amides is 2. The number of rotatable bonds is 5. The van der Waals surface area contributed by atoms with Crippen molar-refractivity contribution in [3.8, 4) is 0 Å². The Morgan fingerprint density at radius 2 is 1.71 bits per heavy atom. The minimum Gasteiger partial charge on any atom is -0.324 e. The molecule has 0 aliphatic carbocycles. The Morgan fingerprint density at radius 1 is 1.03 bits per heavy atom. The van der Waals surface area contributed by atoms with E-state index >= 15 is 0 Å². The van der Waals surface area contributed by atoms with Gasteiger partial charge in [-0.3, -0.25) is 9.59 Å². The molecular formula is C22H18FN3O3S2. The first kappa shape index (κ1) is 21.1. The average molecular weight is 456 g/mol. The standard InChI is InChI=1S/C22H18FN3O3S2/c1-13-21(27)25-19-12-14(2-11-20(19)30-13)22(28)24-16-7-9-18(10-8-16)31(29)26-17-5-3-15(23)4-6-17/h2-13,26H,1H3,(H,24,28)(H,25,27)/t13-,31?/m1/s1. The van der Waals surface area contributed by atoms with Gasteiger partial charge in [0.1, 0.15) is 16.8 Å². The maximum atomic E-state index is 13.0. The number of hydrogen-bond acceptors (Lipinski definition) is 4. The Balaban J connectivity index is 1.41. The van der Waals surface area contributed by atoms with Crippen LogP contribution in [0, 0.1) is 5.82 Å². The van der Waals surface area contributed by atoms with Crippen LogP contribution in [0.15, 0.2) is 76.5 Å². The maximum absolute atomic E-state index is 13.0. The SMILES string of the molecule is C[C@H]1Sc2ccc(C(=O)Nc3ccc(S(=O)Nc4ccc(F)cc4)cc3)cc2NC1=O. The zero-order chi connectivity index (χ0) is 22.0. The maximum Gasteiger partial charge on any atom is 0.255 e. The first-order valence-corrected chi connectivity index (χ1v) is 11.4. The summed E-state index contributed by atoms with van der Waals surface area (Å²) in [6, 6.07) is 17.3. The Morgan fingerprint density at radius 3 is 2.42 bits per heavy atom. The highest BCUT2D eigenvalue weighted by Gasteiger charge is 2.23. The Hall–Kier alpha value is -3.17. The number of nitrogens with one attached hydrogen (secondary N) is 3. The monoisotopic (exact) mass is 455 g/mol. The summed E-state index contributed by atoms with van der Waals surface area (Å²) in [6.45, 7) is 1.83. The van der Waals surface area contributed by atoms with Gasteiger partial charge in [0.15, 0.2) is 0 Å². The van der Waals surface area contributed by atoms with Crippen molar-refractivity contribution in [2.24, 2.45) is 0 Å². The van der Waals surface area contributed by atoms with Crippen LogP contribution in [0.5, 0.6) is 0 Å². The van der Waals surface area contributed by atoms with E-state index in [1.807, 2.05) is 13.0 Å². The topological polar surface area (TPSA) is 87.3 Å². The zero-order valence-corrected chi connectivity index (χ0v) is 18.0. The number of hydrogen-bond donors (Lipinski definition) is 3. The molecule has 6 nitrogen and oxygen atoms in total. The molecule has 0 aromatic heterocycles. The van der Waals surface area contributed by atoms with Crippen LogP contribution >= 0.6 is 11.8 Å². The van der Waals surface area contributed by atoms with Crippen molar-refractivity contribution in [1.82, 2.24) is 0 Å². The predicted octanol–water partition coefficient (Wildman–Crippen LogP) is 4.65. The minimum atomic E-state index is -1.53. The van der Waals surface area contributed by atoms with Crippen molar-refractivity contribution < 1.29 is 18.2 Å². The first-order valence-electron chi connectivity index (χ1n) is 9.36. The third-order valence-electron chi connectivity index (χ3n) is 4.55. The normalized spacial score (nSPS) is 16.1. The van der Waals surface area contributed by atoms with E-state index in [0.717, 1.165) is 4.90 Å².